The van der Waals surface area contributed by atoms with Crippen LogP contribution in [0.1, 0.15) is 26.3 Å². The van der Waals surface area contributed by atoms with Gasteiger partial charge < -0.3 is 5.11 Å². The lowest BCUT2D eigenvalue weighted by Crippen LogP contribution is -2.10. The highest BCUT2D eigenvalue weighted by atomic mass is 79.9. The van der Waals surface area contributed by atoms with Crippen molar-refractivity contribution in [3.05, 3.63) is 52.5 Å². The van der Waals surface area contributed by atoms with Gasteiger partial charge in [0.05, 0.1) is 0 Å². The topological polar surface area (TPSA) is 20.2 Å². The Morgan fingerprint density at radius 1 is 0.944 bits per heavy atom. The predicted octanol–water partition coefficient (Wildman–Crippen LogP) is 5.12. The fraction of sp³-hybridized carbons (Fsp3) is 0.250. The van der Waals surface area contributed by atoms with Crippen LogP contribution in [0.4, 0.5) is 0 Å². The zero-order valence-corrected chi connectivity index (χ0v) is 12.5. The molecule has 0 unspecified atom stereocenters. The van der Waals surface area contributed by atoms with Crippen molar-refractivity contribution in [1.82, 2.24) is 0 Å². The van der Waals surface area contributed by atoms with Crippen LogP contribution in [0, 0.1) is 0 Å². The molecule has 2 aromatic rings. The summed E-state index contributed by atoms with van der Waals surface area (Å²) in [4.78, 5) is 0. The Morgan fingerprint density at radius 3 is 2.11 bits per heavy atom. The fourth-order valence-electron chi connectivity index (χ4n) is 1.86. The molecule has 0 aliphatic carbocycles. The summed E-state index contributed by atoms with van der Waals surface area (Å²) < 4.78 is 1.04. The van der Waals surface area contributed by atoms with Crippen LogP contribution < -0.4 is 0 Å². The molecule has 94 valence electrons. The maximum Gasteiger partial charge on any atom is 0.123 e. The first kappa shape index (κ1) is 13.2. The Labute approximate surface area is 117 Å². The van der Waals surface area contributed by atoms with Gasteiger partial charge in [-0.1, -0.05) is 54.9 Å². The van der Waals surface area contributed by atoms with Crippen molar-refractivity contribution in [3.63, 3.8) is 0 Å². The van der Waals surface area contributed by atoms with E-state index in [-0.39, 0.29) is 5.41 Å². The molecular weight excluding hydrogens is 288 g/mol. The van der Waals surface area contributed by atoms with Crippen LogP contribution in [-0.4, -0.2) is 5.11 Å². The molecule has 0 fully saturated rings. The Bertz CT molecular complexity index is 550. The fourth-order valence-corrected chi connectivity index (χ4v) is 2.13. The Morgan fingerprint density at radius 2 is 1.56 bits per heavy atom. The van der Waals surface area contributed by atoms with Crippen molar-refractivity contribution in [2.24, 2.45) is 0 Å². The summed E-state index contributed by atoms with van der Waals surface area (Å²) in [5.74, 6) is 0.324. The number of benzene rings is 2. The third-order valence-corrected chi connectivity index (χ3v) is 3.55. The van der Waals surface area contributed by atoms with Crippen molar-refractivity contribution in [1.29, 1.82) is 0 Å². The maximum atomic E-state index is 10.0. The van der Waals surface area contributed by atoms with Gasteiger partial charge in [0.25, 0.3) is 0 Å². The van der Waals surface area contributed by atoms with Gasteiger partial charge in [0, 0.05) is 10.0 Å². The molecule has 0 saturated heterocycles. The summed E-state index contributed by atoms with van der Waals surface area (Å²) in [6.45, 7) is 6.51. The number of halogens is 1. The second kappa shape index (κ2) is 4.77. The van der Waals surface area contributed by atoms with E-state index in [0.29, 0.717) is 5.75 Å². The highest BCUT2D eigenvalue weighted by Crippen LogP contribution is 2.34. The third kappa shape index (κ3) is 2.75. The molecular formula is C16H17BrO. The van der Waals surface area contributed by atoms with Crippen LogP contribution in [0.15, 0.2) is 46.9 Å². The third-order valence-electron chi connectivity index (χ3n) is 3.02. The van der Waals surface area contributed by atoms with Crippen molar-refractivity contribution in [2.75, 3.05) is 0 Å². The average molecular weight is 305 g/mol. The minimum absolute atomic E-state index is 0.0812. The van der Waals surface area contributed by atoms with Gasteiger partial charge in [0.2, 0.25) is 0 Å². The second-order valence-corrected chi connectivity index (χ2v) is 6.40. The highest BCUT2D eigenvalue weighted by molar-refractivity contribution is 9.10. The van der Waals surface area contributed by atoms with E-state index in [1.807, 2.05) is 30.3 Å². The number of rotatable bonds is 1. The van der Waals surface area contributed by atoms with Crippen LogP contribution >= 0.6 is 15.9 Å². The van der Waals surface area contributed by atoms with Crippen molar-refractivity contribution < 1.29 is 5.11 Å². The Hall–Kier alpha value is -1.28. The van der Waals surface area contributed by atoms with E-state index >= 15 is 0 Å². The molecule has 1 N–H and O–H groups in total. The maximum absolute atomic E-state index is 10.0. The van der Waals surface area contributed by atoms with Gasteiger partial charge >= 0.3 is 0 Å². The first-order valence-electron chi connectivity index (χ1n) is 5.97. The molecule has 0 aliphatic heterocycles. The number of hydrogen-bond acceptors (Lipinski definition) is 1. The molecule has 0 aliphatic rings. The van der Waals surface area contributed by atoms with Gasteiger partial charge in [-0.05, 0) is 40.8 Å². The van der Waals surface area contributed by atoms with E-state index in [9.17, 15) is 5.11 Å². The standard InChI is InChI=1S/C16H17BrO/c1-16(2,3)12-6-9-15(18)14(10-12)11-4-7-13(17)8-5-11/h4-10,18H,1-3H3. The molecule has 0 heterocycles. The molecule has 0 amide bonds. The quantitative estimate of drug-likeness (QED) is 0.775. The van der Waals surface area contributed by atoms with Crippen LogP contribution in [0.2, 0.25) is 0 Å². The molecule has 2 aromatic carbocycles. The second-order valence-electron chi connectivity index (χ2n) is 5.49. The molecule has 0 saturated carbocycles. The lowest BCUT2D eigenvalue weighted by atomic mass is 9.85. The number of phenols is 1. The summed E-state index contributed by atoms with van der Waals surface area (Å²) >= 11 is 3.42. The Kier molecular flexibility index (Phi) is 3.49. The van der Waals surface area contributed by atoms with Crippen molar-refractivity contribution in [2.45, 2.75) is 26.2 Å². The van der Waals surface area contributed by atoms with Crippen LogP contribution in [-0.2, 0) is 5.41 Å². The molecule has 18 heavy (non-hydrogen) atoms. The van der Waals surface area contributed by atoms with E-state index in [0.717, 1.165) is 15.6 Å². The zero-order chi connectivity index (χ0) is 13.3. The number of phenolic OH excluding ortho intramolecular Hbond substituents is 1. The summed E-state index contributed by atoms with van der Waals surface area (Å²) in [5, 5.41) is 10.0. The highest BCUT2D eigenvalue weighted by Gasteiger charge is 2.15. The smallest absolute Gasteiger partial charge is 0.123 e. The van der Waals surface area contributed by atoms with Crippen LogP contribution in [0.3, 0.4) is 0 Å². The van der Waals surface area contributed by atoms with E-state index < -0.39 is 0 Å². The van der Waals surface area contributed by atoms with Crippen LogP contribution in [0.25, 0.3) is 11.1 Å². The summed E-state index contributed by atoms with van der Waals surface area (Å²) in [6, 6.07) is 13.8. The van der Waals surface area contributed by atoms with Gasteiger partial charge in [-0.2, -0.15) is 0 Å². The minimum atomic E-state index is 0.0812. The molecule has 0 bridgehead atoms. The number of hydrogen-bond donors (Lipinski definition) is 1. The van der Waals surface area contributed by atoms with E-state index in [4.69, 9.17) is 0 Å². The first-order chi connectivity index (χ1) is 8.38. The summed E-state index contributed by atoms with van der Waals surface area (Å²) in [7, 11) is 0. The molecule has 2 rings (SSSR count). The molecule has 2 heteroatoms. The predicted molar refractivity (Wildman–Crippen MR) is 79.9 cm³/mol. The SMILES string of the molecule is CC(C)(C)c1ccc(O)c(-c2ccc(Br)cc2)c1. The number of aromatic hydroxyl groups is 1. The molecule has 0 atom stereocenters. The van der Waals surface area contributed by atoms with Crippen molar-refractivity contribution in [3.8, 4) is 16.9 Å². The van der Waals surface area contributed by atoms with Gasteiger partial charge in [0.15, 0.2) is 0 Å². The lowest BCUT2D eigenvalue weighted by Gasteiger charge is -2.20. The first-order valence-corrected chi connectivity index (χ1v) is 6.76. The van der Waals surface area contributed by atoms with E-state index in [1.54, 1.807) is 6.07 Å². The lowest BCUT2D eigenvalue weighted by molar-refractivity contribution is 0.476. The van der Waals surface area contributed by atoms with E-state index in [1.165, 1.54) is 5.56 Å². The van der Waals surface area contributed by atoms with Gasteiger partial charge in [-0.15, -0.1) is 0 Å². The minimum Gasteiger partial charge on any atom is -0.507 e. The monoisotopic (exact) mass is 304 g/mol. The summed E-state index contributed by atoms with van der Waals surface area (Å²) in [5.41, 5.74) is 3.22. The van der Waals surface area contributed by atoms with Crippen molar-refractivity contribution >= 4 is 15.9 Å². The zero-order valence-electron chi connectivity index (χ0n) is 10.9. The molecule has 0 spiro atoms. The molecule has 0 radical (unpaired) electrons. The van der Waals surface area contributed by atoms with Gasteiger partial charge in [-0.25, -0.2) is 0 Å². The van der Waals surface area contributed by atoms with Gasteiger partial charge in [0.1, 0.15) is 5.75 Å². The van der Waals surface area contributed by atoms with Crippen LogP contribution in [0.5, 0.6) is 5.75 Å². The molecule has 1 nitrogen and oxygen atoms in total. The molecule has 0 aromatic heterocycles. The summed E-state index contributed by atoms with van der Waals surface area (Å²) in [6.07, 6.45) is 0. The van der Waals surface area contributed by atoms with Gasteiger partial charge in [-0.3, -0.25) is 0 Å². The Balaban J connectivity index is 2.53. The average Bonchev–Trinajstić information content (AvgIpc) is 2.29. The van der Waals surface area contributed by atoms with E-state index in [2.05, 4.69) is 42.8 Å². The normalized spacial score (nSPS) is 11.6. The largest absolute Gasteiger partial charge is 0.507 e.